The first-order chi connectivity index (χ1) is 11.4. The summed E-state index contributed by atoms with van der Waals surface area (Å²) in [6.45, 7) is 6.68. The number of hydrogen-bond acceptors (Lipinski definition) is 4. The SMILES string of the molecule is Cc1nn(CCC#N)c(C)c1CCC(=O)NC1CCCC1(C)CO. The van der Waals surface area contributed by atoms with Gasteiger partial charge in [-0.3, -0.25) is 9.48 Å². The van der Waals surface area contributed by atoms with Crippen LogP contribution in [0.15, 0.2) is 0 Å². The standard InChI is InChI=1S/C18H28N4O2/c1-13-15(14(2)22(21-13)11-5-10-19)7-8-17(24)20-16-6-4-9-18(16,3)12-23/h16,23H,4-9,11-12H2,1-3H3,(H,20,24). The van der Waals surface area contributed by atoms with Gasteiger partial charge in [-0.1, -0.05) is 13.3 Å². The second kappa shape index (κ2) is 7.80. The monoisotopic (exact) mass is 332 g/mol. The smallest absolute Gasteiger partial charge is 0.220 e. The lowest BCUT2D eigenvalue weighted by atomic mass is 9.85. The number of carbonyl (C=O) groups excluding carboxylic acids is 1. The lowest BCUT2D eigenvalue weighted by molar-refractivity contribution is -0.122. The molecule has 2 unspecified atom stereocenters. The molecule has 2 N–H and O–H groups in total. The zero-order valence-corrected chi connectivity index (χ0v) is 14.9. The summed E-state index contributed by atoms with van der Waals surface area (Å²) in [5, 5.41) is 25.9. The summed E-state index contributed by atoms with van der Waals surface area (Å²) >= 11 is 0. The Morgan fingerprint density at radius 2 is 2.29 bits per heavy atom. The van der Waals surface area contributed by atoms with Crippen LogP contribution in [0.25, 0.3) is 0 Å². The Bertz CT molecular complexity index is 632. The number of aliphatic hydroxyl groups is 1. The molecular formula is C18H28N4O2. The molecule has 0 spiro atoms. The minimum atomic E-state index is -0.191. The first-order valence-corrected chi connectivity index (χ1v) is 8.71. The van der Waals surface area contributed by atoms with Crippen LogP contribution in [-0.2, 0) is 17.8 Å². The summed E-state index contributed by atoms with van der Waals surface area (Å²) in [6.07, 6.45) is 4.45. The molecule has 2 atom stereocenters. The van der Waals surface area contributed by atoms with Gasteiger partial charge in [0.25, 0.3) is 0 Å². The van der Waals surface area contributed by atoms with Crippen LogP contribution in [0.1, 0.15) is 56.0 Å². The van der Waals surface area contributed by atoms with Crippen molar-refractivity contribution in [1.29, 1.82) is 5.26 Å². The molecule has 6 nitrogen and oxygen atoms in total. The Morgan fingerprint density at radius 1 is 1.54 bits per heavy atom. The summed E-state index contributed by atoms with van der Waals surface area (Å²) in [7, 11) is 0. The highest BCUT2D eigenvalue weighted by atomic mass is 16.3. The Kier molecular flexibility index (Phi) is 6.00. The van der Waals surface area contributed by atoms with Crippen molar-refractivity contribution < 1.29 is 9.90 Å². The van der Waals surface area contributed by atoms with Crippen molar-refractivity contribution in [3.8, 4) is 6.07 Å². The van der Waals surface area contributed by atoms with Crippen LogP contribution >= 0.6 is 0 Å². The molecular weight excluding hydrogens is 304 g/mol. The summed E-state index contributed by atoms with van der Waals surface area (Å²) in [5.74, 6) is 0.0325. The number of aryl methyl sites for hydroxylation is 2. The van der Waals surface area contributed by atoms with Crippen LogP contribution in [0.2, 0.25) is 0 Å². The molecule has 0 radical (unpaired) electrons. The van der Waals surface area contributed by atoms with Crippen molar-refractivity contribution in [3.05, 3.63) is 17.0 Å². The van der Waals surface area contributed by atoms with Gasteiger partial charge in [-0.05, 0) is 38.7 Å². The lowest BCUT2D eigenvalue weighted by Crippen LogP contribution is -2.44. The summed E-state index contributed by atoms with van der Waals surface area (Å²) in [6, 6.07) is 2.20. The van der Waals surface area contributed by atoms with Crippen molar-refractivity contribution in [2.75, 3.05) is 6.61 Å². The normalized spacial score (nSPS) is 23.2. The number of rotatable bonds is 7. The topological polar surface area (TPSA) is 90.9 Å². The fourth-order valence-electron chi connectivity index (χ4n) is 3.64. The van der Waals surface area contributed by atoms with E-state index >= 15 is 0 Å². The molecule has 1 fully saturated rings. The van der Waals surface area contributed by atoms with Gasteiger partial charge >= 0.3 is 0 Å². The fourth-order valence-corrected chi connectivity index (χ4v) is 3.64. The predicted molar refractivity (Wildman–Crippen MR) is 91.2 cm³/mol. The molecule has 1 aliphatic carbocycles. The third-order valence-corrected chi connectivity index (χ3v) is 5.35. The number of nitrogens with one attached hydrogen (secondary N) is 1. The van der Waals surface area contributed by atoms with Gasteiger partial charge in [0.15, 0.2) is 0 Å². The van der Waals surface area contributed by atoms with Crippen LogP contribution in [0.3, 0.4) is 0 Å². The Labute approximate surface area is 143 Å². The van der Waals surface area contributed by atoms with E-state index in [1.807, 2.05) is 25.5 Å². The van der Waals surface area contributed by atoms with E-state index in [1.54, 1.807) is 0 Å². The second-order valence-electron chi connectivity index (χ2n) is 7.11. The zero-order chi connectivity index (χ0) is 17.7. The minimum absolute atomic E-state index is 0.0325. The van der Waals surface area contributed by atoms with Gasteiger partial charge in [0, 0.05) is 23.6 Å². The van der Waals surface area contributed by atoms with E-state index in [4.69, 9.17) is 5.26 Å². The number of nitrogens with zero attached hydrogens (tertiary/aromatic N) is 3. The van der Waals surface area contributed by atoms with Crippen molar-refractivity contribution in [1.82, 2.24) is 15.1 Å². The molecule has 6 heteroatoms. The van der Waals surface area contributed by atoms with Crippen molar-refractivity contribution >= 4 is 5.91 Å². The molecule has 1 amide bonds. The maximum atomic E-state index is 12.3. The van der Waals surface area contributed by atoms with Crippen LogP contribution < -0.4 is 5.32 Å². The molecule has 0 aliphatic heterocycles. The maximum absolute atomic E-state index is 12.3. The number of nitriles is 1. The molecule has 2 rings (SSSR count). The highest BCUT2D eigenvalue weighted by molar-refractivity contribution is 5.76. The molecule has 1 aromatic heterocycles. The van der Waals surface area contributed by atoms with Crippen LogP contribution in [0.4, 0.5) is 0 Å². The third kappa shape index (κ3) is 3.96. The Balaban J connectivity index is 1.93. The largest absolute Gasteiger partial charge is 0.396 e. The third-order valence-electron chi connectivity index (χ3n) is 5.35. The van der Waals surface area contributed by atoms with E-state index in [0.29, 0.717) is 25.8 Å². The van der Waals surface area contributed by atoms with Gasteiger partial charge in [0.2, 0.25) is 5.91 Å². The van der Waals surface area contributed by atoms with Crippen LogP contribution in [0.5, 0.6) is 0 Å². The number of carbonyl (C=O) groups is 1. The molecule has 132 valence electrons. The number of aliphatic hydroxyl groups excluding tert-OH is 1. The summed E-state index contributed by atoms with van der Waals surface area (Å²) < 4.78 is 1.85. The van der Waals surface area contributed by atoms with Gasteiger partial charge in [-0.25, -0.2) is 0 Å². The molecule has 1 aliphatic rings. The molecule has 0 saturated heterocycles. The molecule has 1 aromatic rings. The average Bonchev–Trinajstić information content (AvgIpc) is 3.04. The van der Waals surface area contributed by atoms with Gasteiger partial charge in [-0.2, -0.15) is 10.4 Å². The van der Waals surface area contributed by atoms with Gasteiger partial charge in [0.1, 0.15) is 0 Å². The number of amides is 1. The van der Waals surface area contributed by atoms with Gasteiger partial charge < -0.3 is 10.4 Å². The van der Waals surface area contributed by atoms with Crippen LogP contribution in [-0.4, -0.2) is 33.4 Å². The first-order valence-electron chi connectivity index (χ1n) is 8.71. The van der Waals surface area contributed by atoms with Crippen molar-refractivity contribution in [2.24, 2.45) is 5.41 Å². The highest BCUT2D eigenvalue weighted by Gasteiger charge is 2.38. The van der Waals surface area contributed by atoms with E-state index in [2.05, 4.69) is 16.5 Å². The summed E-state index contributed by atoms with van der Waals surface area (Å²) in [5.41, 5.74) is 2.87. The lowest BCUT2D eigenvalue weighted by Gasteiger charge is -2.30. The Hall–Kier alpha value is -1.87. The molecule has 1 heterocycles. The van der Waals surface area contributed by atoms with E-state index in [1.165, 1.54) is 0 Å². The predicted octanol–water partition coefficient (Wildman–Crippen LogP) is 2.01. The Morgan fingerprint density at radius 3 is 2.96 bits per heavy atom. The van der Waals surface area contributed by atoms with Crippen molar-refractivity contribution in [3.63, 3.8) is 0 Å². The quantitative estimate of drug-likeness (QED) is 0.799. The van der Waals surface area contributed by atoms with Gasteiger partial charge in [0.05, 0.1) is 31.3 Å². The maximum Gasteiger partial charge on any atom is 0.220 e. The molecule has 0 bridgehead atoms. The minimum Gasteiger partial charge on any atom is -0.396 e. The number of hydrogen-bond donors (Lipinski definition) is 2. The van der Waals surface area contributed by atoms with E-state index in [0.717, 1.165) is 36.2 Å². The molecule has 24 heavy (non-hydrogen) atoms. The summed E-state index contributed by atoms with van der Waals surface area (Å²) in [4.78, 5) is 12.3. The number of aromatic nitrogens is 2. The van der Waals surface area contributed by atoms with Gasteiger partial charge in [-0.15, -0.1) is 0 Å². The van der Waals surface area contributed by atoms with Crippen molar-refractivity contribution in [2.45, 2.75) is 71.9 Å². The fraction of sp³-hybridized carbons (Fsp3) is 0.722. The van der Waals surface area contributed by atoms with E-state index in [9.17, 15) is 9.90 Å². The van der Waals surface area contributed by atoms with Crippen LogP contribution in [0, 0.1) is 30.6 Å². The average molecular weight is 332 g/mol. The van der Waals surface area contributed by atoms with E-state index < -0.39 is 0 Å². The van der Waals surface area contributed by atoms with E-state index in [-0.39, 0.29) is 24.0 Å². The zero-order valence-electron chi connectivity index (χ0n) is 14.9. The first kappa shape index (κ1) is 18.5. The molecule has 1 saturated carbocycles. The highest BCUT2D eigenvalue weighted by Crippen LogP contribution is 2.37. The molecule has 0 aromatic carbocycles. The second-order valence-corrected chi connectivity index (χ2v) is 7.11.